The van der Waals surface area contributed by atoms with Crippen LogP contribution in [0.2, 0.25) is 5.02 Å². The first-order chi connectivity index (χ1) is 9.65. The van der Waals surface area contributed by atoms with Crippen LogP contribution >= 0.6 is 23.4 Å². The number of nitro groups is 1. The van der Waals surface area contributed by atoms with Crippen molar-refractivity contribution in [2.45, 2.75) is 10.9 Å². The smallest absolute Gasteiger partial charge is 0.289 e. The Morgan fingerprint density at radius 2 is 2.10 bits per heavy atom. The van der Waals surface area contributed by atoms with Gasteiger partial charge in [0, 0.05) is 22.4 Å². The van der Waals surface area contributed by atoms with Gasteiger partial charge < -0.3 is 5.32 Å². The Labute approximate surface area is 125 Å². The third-order valence-electron chi connectivity index (χ3n) is 3.18. The number of rotatable bonds is 3. The van der Waals surface area contributed by atoms with E-state index in [1.807, 2.05) is 12.1 Å². The standard InChI is InChI=1S/C14H11ClN2O2S/c15-11-6-5-9(7-13(11)17(18)19)16-12-8-20-14-4-2-1-3-10(12)14/h1-7,12,16H,8H2. The van der Waals surface area contributed by atoms with Crippen LogP contribution in [0, 0.1) is 10.1 Å². The van der Waals surface area contributed by atoms with Gasteiger partial charge in [-0.15, -0.1) is 11.8 Å². The average Bonchev–Trinajstić information content (AvgIpc) is 2.84. The van der Waals surface area contributed by atoms with Crippen molar-refractivity contribution >= 4 is 34.7 Å². The quantitative estimate of drug-likeness (QED) is 0.669. The zero-order valence-corrected chi connectivity index (χ0v) is 11.9. The molecule has 102 valence electrons. The lowest BCUT2D eigenvalue weighted by Crippen LogP contribution is -2.09. The number of fused-ring (bicyclic) bond motifs is 1. The van der Waals surface area contributed by atoms with E-state index >= 15 is 0 Å². The molecule has 0 radical (unpaired) electrons. The van der Waals surface area contributed by atoms with E-state index in [1.165, 1.54) is 16.5 Å². The van der Waals surface area contributed by atoms with Gasteiger partial charge in [-0.25, -0.2) is 0 Å². The molecule has 0 bridgehead atoms. The van der Waals surface area contributed by atoms with Gasteiger partial charge in [-0.3, -0.25) is 10.1 Å². The van der Waals surface area contributed by atoms with E-state index in [-0.39, 0.29) is 16.8 Å². The van der Waals surface area contributed by atoms with Gasteiger partial charge in [-0.05, 0) is 23.8 Å². The molecule has 0 saturated carbocycles. The van der Waals surface area contributed by atoms with Crippen molar-refractivity contribution in [3.8, 4) is 0 Å². The number of nitrogens with one attached hydrogen (secondary N) is 1. The summed E-state index contributed by atoms with van der Waals surface area (Å²) >= 11 is 7.60. The lowest BCUT2D eigenvalue weighted by Gasteiger charge is -2.14. The summed E-state index contributed by atoms with van der Waals surface area (Å²) in [7, 11) is 0. The third-order valence-corrected chi connectivity index (χ3v) is 4.69. The summed E-state index contributed by atoms with van der Waals surface area (Å²) in [4.78, 5) is 11.7. The number of hydrogen-bond donors (Lipinski definition) is 1. The van der Waals surface area contributed by atoms with E-state index in [4.69, 9.17) is 11.6 Å². The highest BCUT2D eigenvalue weighted by molar-refractivity contribution is 7.99. The molecular weight excluding hydrogens is 296 g/mol. The van der Waals surface area contributed by atoms with Crippen LogP contribution in [-0.4, -0.2) is 10.7 Å². The van der Waals surface area contributed by atoms with Crippen molar-refractivity contribution in [2.24, 2.45) is 0 Å². The predicted molar refractivity (Wildman–Crippen MR) is 81.6 cm³/mol. The number of nitrogens with zero attached hydrogens (tertiary/aromatic N) is 1. The van der Waals surface area contributed by atoms with E-state index in [0.717, 1.165) is 5.75 Å². The maximum absolute atomic E-state index is 10.9. The maximum Gasteiger partial charge on any atom is 0.289 e. The van der Waals surface area contributed by atoms with Crippen LogP contribution in [-0.2, 0) is 0 Å². The Morgan fingerprint density at radius 3 is 2.90 bits per heavy atom. The predicted octanol–water partition coefficient (Wildman–Crippen LogP) is 4.51. The van der Waals surface area contributed by atoms with Gasteiger partial charge in [0.25, 0.3) is 5.69 Å². The normalized spacial score (nSPS) is 16.8. The minimum absolute atomic E-state index is 0.0735. The minimum Gasteiger partial charge on any atom is -0.377 e. The molecule has 1 aliphatic rings. The Kier molecular flexibility index (Phi) is 3.54. The Bertz CT molecular complexity index is 678. The first-order valence-electron chi connectivity index (χ1n) is 6.07. The van der Waals surface area contributed by atoms with Crippen molar-refractivity contribution in [3.05, 3.63) is 63.2 Å². The molecule has 3 rings (SSSR count). The number of hydrogen-bond acceptors (Lipinski definition) is 4. The number of nitro benzene ring substituents is 1. The van der Waals surface area contributed by atoms with Crippen LogP contribution in [0.4, 0.5) is 11.4 Å². The molecule has 0 aliphatic carbocycles. The number of benzene rings is 2. The molecule has 2 aromatic carbocycles. The Hall–Kier alpha value is -1.72. The fourth-order valence-electron chi connectivity index (χ4n) is 2.23. The average molecular weight is 307 g/mol. The topological polar surface area (TPSA) is 55.2 Å². The van der Waals surface area contributed by atoms with Crippen LogP contribution in [0.1, 0.15) is 11.6 Å². The van der Waals surface area contributed by atoms with Crippen molar-refractivity contribution in [2.75, 3.05) is 11.1 Å². The molecular formula is C14H11ClN2O2S. The van der Waals surface area contributed by atoms with Gasteiger partial charge in [0.2, 0.25) is 0 Å². The minimum atomic E-state index is -0.467. The molecule has 0 saturated heterocycles. The Morgan fingerprint density at radius 1 is 1.30 bits per heavy atom. The van der Waals surface area contributed by atoms with Gasteiger partial charge in [0.05, 0.1) is 11.0 Å². The third kappa shape index (κ3) is 2.46. The molecule has 1 N–H and O–H groups in total. The van der Waals surface area contributed by atoms with Crippen molar-refractivity contribution < 1.29 is 4.92 Å². The molecule has 0 aromatic heterocycles. The van der Waals surface area contributed by atoms with Gasteiger partial charge in [-0.2, -0.15) is 0 Å². The Balaban J connectivity index is 1.86. The van der Waals surface area contributed by atoms with E-state index in [9.17, 15) is 10.1 Å². The highest BCUT2D eigenvalue weighted by Crippen LogP contribution is 2.40. The van der Waals surface area contributed by atoms with Crippen LogP contribution < -0.4 is 5.32 Å². The lowest BCUT2D eigenvalue weighted by molar-refractivity contribution is -0.384. The van der Waals surface area contributed by atoms with Gasteiger partial charge in [0.15, 0.2) is 0 Å². The highest BCUT2D eigenvalue weighted by Gasteiger charge is 2.23. The summed E-state index contributed by atoms with van der Waals surface area (Å²) in [6, 6.07) is 13.1. The second kappa shape index (κ2) is 5.34. The number of thioether (sulfide) groups is 1. The molecule has 20 heavy (non-hydrogen) atoms. The molecule has 1 unspecified atom stereocenters. The maximum atomic E-state index is 10.9. The molecule has 1 heterocycles. The lowest BCUT2D eigenvalue weighted by atomic mass is 10.1. The van der Waals surface area contributed by atoms with E-state index in [0.29, 0.717) is 5.69 Å². The molecule has 2 aromatic rings. The zero-order chi connectivity index (χ0) is 14.1. The first-order valence-corrected chi connectivity index (χ1v) is 7.44. The molecule has 1 atom stereocenters. The number of halogens is 1. The summed E-state index contributed by atoms with van der Waals surface area (Å²) in [5, 5.41) is 14.4. The van der Waals surface area contributed by atoms with Crippen LogP contribution in [0.3, 0.4) is 0 Å². The molecule has 0 amide bonds. The summed E-state index contributed by atoms with van der Waals surface area (Å²) in [5.41, 5.74) is 1.87. The molecule has 1 aliphatic heterocycles. The molecule has 0 fully saturated rings. The van der Waals surface area contributed by atoms with E-state index in [2.05, 4.69) is 17.4 Å². The summed E-state index contributed by atoms with van der Waals surface area (Å²) < 4.78 is 0. The van der Waals surface area contributed by atoms with Crippen molar-refractivity contribution in [1.82, 2.24) is 0 Å². The van der Waals surface area contributed by atoms with Gasteiger partial charge >= 0.3 is 0 Å². The van der Waals surface area contributed by atoms with Crippen LogP contribution in [0.25, 0.3) is 0 Å². The second-order valence-corrected chi connectivity index (χ2v) is 5.94. The van der Waals surface area contributed by atoms with Crippen LogP contribution in [0.5, 0.6) is 0 Å². The monoisotopic (exact) mass is 306 g/mol. The fourth-order valence-corrected chi connectivity index (χ4v) is 3.57. The second-order valence-electron chi connectivity index (χ2n) is 4.47. The van der Waals surface area contributed by atoms with Gasteiger partial charge in [-0.1, -0.05) is 29.8 Å². The molecule has 0 spiro atoms. The van der Waals surface area contributed by atoms with E-state index in [1.54, 1.807) is 23.9 Å². The summed E-state index contributed by atoms with van der Waals surface area (Å²) in [6.45, 7) is 0. The van der Waals surface area contributed by atoms with Crippen molar-refractivity contribution in [1.29, 1.82) is 0 Å². The summed E-state index contributed by atoms with van der Waals surface area (Å²) in [5.74, 6) is 0.912. The first kappa shape index (κ1) is 13.3. The zero-order valence-electron chi connectivity index (χ0n) is 10.4. The van der Waals surface area contributed by atoms with Crippen molar-refractivity contribution in [3.63, 3.8) is 0 Å². The fraction of sp³-hybridized carbons (Fsp3) is 0.143. The summed E-state index contributed by atoms with van der Waals surface area (Å²) in [6.07, 6.45) is 0. The molecule has 6 heteroatoms. The van der Waals surface area contributed by atoms with Gasteiger partial charge in [0.1, 0.15) is 5.02 Å². The largest absolute Gasteiger partial charge is 0.377 e. The number of anilines is 1. The molecule has 4 nitrogen and oxygen atoms in total. The SMILES string of the molecule is O=[N+]([O-])c1cc(NC2CSc3ccccc32)ccc1Cl. The van der Waals surface area contributed by atoms with E-state index < -0.39 is 4.92 Å². The highest BCUT2D eigenvalue weighted by atomic mass is 35.5. The van der Waals surface area contributed by atoms with Crippen LogP contribution in [0.15, 0.2) is 47.4 Å².